The van der Waals surface area contributed by atoms with E-state index in [0.29, 0.717) is 24.6 Å². The van der Waals surface area contributed by atoms with E-state index in [0.717, 1.165) is 0 Å². The van der Waals surface area contributed by atoms with Crippen molar-refractivity contribution in [1.82, 2.24) is 5.32 Å². The summed E-state index contributed by atoms with van der Waals surface area (Å²) in [5, 5.41) is 3.31. The van der Waals surface area contributed by atoms with E-state index in [1.807, 2.05) is 13.8 Å². The fraction of sp³-hybridized carbons (Fsp3) is 1.00. The summed E-state index contributed by atoms with van der Waals surface area (Å²) in [5.41, 5.74) is 11.1. The minimum absolute atomic E-state index is 0.132. The van der Waals surface area contributed by atoms with Crippen LogP contribution in [0.4, 0.5) is 0 Å². The summed E-state index contributed by atoms with van der Waals surface area (Å²) in [6, 6.07) is 0. The summed E-state index contributed by atoms with van der Waals surface area (Å²) in [6.07, 6.45) is 0. The molecule has 0 saturated heterocycles. The molecule has 80 valence electrons. The predicted octanol–water partition coefficient (Wildman–Crippen LogP) is -0.130. The minimum atomic E-state index is -0.289. The first-order valence-electron chi connectivity index (χ1n) is 4.35. The van der Waals surface area contributed by atoms with Gasteiger partial charge in [0.15, 0.2) is 0 Å². The molecule has 13 heavy (non-hydrogen) atoms. The van der Waals surface area contributed by atoms with Crippen LogP contribution in [0, 0.1) is 0 Å². The molecular formula is C8H21N3S2. The molecule has 0 fully saturated rings. The van der Waals surface area contributed by atoms with Crippen LogP contribution in [0.25, 0.3) is 0 Å². The molecule has 0 saturated carbocycles. The van der Waals surface area contributed by atoms with Gasteiger partial charge in [0.1, 0.15) is 0 Å². The molecule has 0 bridgehead atoms. The van der Waals surface area contributed by atoms with Gasteiger partial charge in [0.05, 0.1) is 0 Å². The van der Waals surface area contributed by atoms with Gasteiger partial charge in [-0.05, 0) is 13.8 Å². The van der Waals surface area contributed by atoms with Gasteiger partial charge in [-0.3, -0.25) is 0 Å². The maximum Gasteiger partial charge on any atom is 0.0364 e. The highest BCUT2D eigenvalue weighted by molar-refractivity contribution is 7.80. The summed E-state index contributed by atoms with van der Waals surface area (Å²) >= 11 is 8.41. The SMILES string of the molecule is C[C@@](N)(CS)CN[C@@](C)(CN)CS. The van der Waals surface area contributed by atoms with Gasteiger partial charge in [0, 0.05) is 35.7 Å². The van der Waals surface area contributed by atoms with Crippen molar-refractivity contribution in [1.29, 1.82) is 0 Å². The third-order valence-corrected chi connectivity index (χ3v) is 3.50. The van der Waals surface area contributed by atoms with Crippen molar-refractivity contribution in [2.75, 3.05) is 24.6 Å². The molecule has 0 aliphatic heterocycles. The maximum absolute atomic E-state index is 5.93. The highest BCUT2D eigenvalue weighted by atomic mass is 32.1. The Hall–Kier alpha value is 0.580. The summed E-state index contributed by atoms with van der Waals surface area (Å²) in [5.74, 6) is 1.35. The van der Waals surface area contributed by atoms with Gasteiger partial charge in [-0.15, -0.1) is 0 Å². The topological polar surface area (TPSA) is 64.1 Å². The quantitative estimate of drug-likeness (QED) is 0.408. The van der Waals surface area contributed by atoms with Crippen LogP contribution < -0.4 is 16.8 Å². The van der Waals surface area contributed by atoms with Crippen molar-refractivity contribution in [3.63, 3.8) is 0 Å². The highest BCUT2D eigenvalue weighted by Gasteiger charge is 2.24. The lowest BCUT2D eigenvalue weighted by atomic mass is 10.0. The Morgan fingerprint density at radius 2 is 1.77 bits per heavy atom. The monoisotopic (exact) mass is 223 g/mol. The number of nitrogens with one attached hydrogen (secondary N) is 1. The molecular weight excluding hydrogens is 202 g/mol. The van der Waals surface area contributed by atoms with Gasteiger partial charge in [0.25, 0.3) is 0 Å². The van der Waals surface area contributed by atoms with Crippen molar-refractivity contribution < 1.29 is 0 Å². The Morgan fingerprint density at radius 3 is 2.08 bits per heavy atom. The van der Waals surface area contributed by atoms with Crippen LogP contribution in [-0.2, 0) is 0 Å². The third kappa shape index (κ3) is 5.12. The molecule has 0 spiro atoms. The first-order chi connectivity index (χ1) is 5.89. The normalized spacial score (nSPS) is 20.8. The van der Waals surface area contributed by atoms with E-state index in [9.17, 15) is 0 Å². The van der Waals surface area contributed by atoms with Crippen LogP contribution in [-0.4, -0.2) is 35.7 Å². The highest BCUT2D eigenvalue weighted by Crippen LogP contribution is 2.07. The van der Waals surface area contributed by atoms with Gasteiger partial charge in [0.2, 0.25) is 0 Å². The van der Waals surface area contributed by atoms with Crippen LogP contribution in [0.15, 0.2) is 0 Å². The zero-order chi connectivity index (χ0) is 10.5. The number of thiol groups is 2. The molecule has 0 rings (SSSR count). The summed E-state index contributed by atoms with van der Waals surface area (Å²) in [4.78, 5) is 0. The molecule has 0 unspecified atom stereocenters. The van der Waals surface area contributed by atoms with E-state index in [4.69, 9.17) is 11.5 Å². The van der Waals surface area contributed by atoms with Gasteiger partial charge in [-0.1, -0.05) is 0 Å². The van der Waals surface area contributed by atoms with Crippen molar-refractivity contribution in [2.45, 2.75) is 24.9 Å². The molecule has 2 atom stereocenters. The van der Waals surface area contributed by atoms with Crippen LogP contribution in [0.1, 0.15) is 13.8 Å². The van der Waals surface area contributed by atoms with Crippen molar-refractivity contribution in [3.8, 4) is 0 Å². The average Bonchev–Trinajstić information content (AvgIpc) is 2.14. The second-order valence-electron chi connectivity index (χ2n) is 4.09. The van der Waals surface area contributed by atoms with Gasteiger partial charge < -0.3 is 16.8 Å². The van der Waals surface area contributed by atoms with Crippen molar-refractivity contribution in [2.24, 2.45) is 11.5 Å². The largest absolute Gasteiger partial charge is 0.329 e. The Labute approximate surface area is 91.8 Å². The first kappa shape index (κ1) is 13.6. The Balaban J connectivity index is 3.99. The first-order valence-corrected chi connectivity index (χ1v) is 5.61. The average molecular weight is 223 g/mol. The lowest BCUT2D eigenvalue weighted by Gasteiger charge is -2.32. The van der Waals surface area contributed by atoms with E-state index in [1.165, 1.54) is 0 Å². The molecule has 0 heterocycles. The molecule has 3 nitrogen and oxygen atoms in total. The van der Waals surface area contributed by atoms with Gasteiger partial charge >= 0.3 is 0 Å². The standard InChI is InChI=1S/C8H21N3S2/c1-7(10,5-12)4-11-8(2,3-9)6-13/h11-13H,3-6,9-10H2,1-2H3/t7-,8-/m0/s1. The molecule has 0 aliphatic carbocycles. The molecule has 0 aromatic carbocycles. The van der Waals surface area contributed by atoms with E-state index < -0.39 is 0 Å². The fourth-order valence-corrected chi connectivity index (χ4v) is 1.02. The van der Waals surface area contributed by atoms with Crippen LogP contribution >= 0.6 is 25.3 Å². The summed E-state index contributed by atoms with van der Waals surface area (Å²) in [7, 11) is 0. The molecule has 0 amide bonds. The zero-order valence-corrected chi connectivity index (χ0v) is 10.2. The van der Waals surface area contributed by atoms with Crippen molar-refractivity contribution >= 4 is 25.3 Å². The number of nitrogens with two attached hydrogens (primary N) is 2. The smallest absolute Gasteiger partial charge is 0.0364 e. The lowest BCUT2D eigenvalue weighted by molar-refractivity contribution is 0.356. The van der Waals surface area contributed by atoms with Crippen LogP contribution in [0.2, 0.25) is 0 Å². The molecule has 0 aromatic rings. The summed E-state index contributed by atoms with van der Waals surface area (Å²) in [6.45, 7) is 5.25. The van der Waals surface area contributed by atoms with Gasteiger partial charge in [-0.2, -0.15) is 25.3 Å². The Bertz CT molecular complexity index is 146. The number of hydrogen-bond acceptors (Lipinski definition) is 5. The molecule has 5 N–H and O–H groups in total. The van der Waals surface area contributed by atoms with E-state index >= 15 is 0 Å². The fourth-order valence-electron chi connectivity index (χ4n) is 0.664. The predicted molar refractivity (Wildman–Crippen MR) is 65.8 cm³/mol. The third-order valence-electron chi connectivity index (χ3n) is 2.08. The zero-order valence-electron chi connectivity index (χ0n) is 8.38. The second kappa shape index (κ2) is 5.46. The Morgan fingerprint density at radius 1 is 1.23 bits per heavy atom. The van der Waals surface area contributed by atoms with E-state index in [-0.39, 0.29) is 11.1 Å². The number of hydrogen-bond donors (Lipinski definition) is 5. The van der Waals surface area contributed by atoms with E-state index in [2.05, 4.69) is 30.6 Å². The summed E-state index contributed by atoms with van der Waals surface area (Å²) < 4.78 is 0. The van der Waals surface area contributed by atoms with Crippen LogP contribution in [0.3, 0.4) is 0 Å². The maximum atomic E-state index is 5.93. The molecule has 0 radical (unpaired) electrons. The van der Waals surface area contributed by atoms with Gasteiger partial charge in [-0.25, -0.2) is 0 Å². The molecule has 0 aliphatic rings. The van der Waals surface area contributed by atoms with Crippen LogP contribution in [0.5, 0.6) is 0 Å². The van der Waals surface area contributed by atoms with Crippen molar-refractivity contribution in [3.05, 3.63) is 0 Å². The van der Waals surface area contributed by atoms with E-state index in [1.54, 1.807) is 0 Å². The minimum Gasteiger partial charge on any atom is -0.329 e. The number of rotatable bonds is 6. The molecule has 0 aromatic heterocycles. The molecule has 5 heteroatoms. The Kier molecular flexibility index (Phi) is 5.70. The lowest BCUT2D eigenvalue weighted by Crippen LogP contribution is -2.58. The second-order valence-corrected chi connectivity index (χ2v) is 4.72.